The highest BCUT2D eigenvalue weighted by atomic mass is 19.1. The minimum Gasteiger partial charge on any atom is -0.441 e. The lowest BCUT2D eigenvalue weighted by Crippen LogP contribution is -2.54. The number of benzene rings is 2. The minimum absolute atomic E-state index is 0.241. The standard InChI is InChI=1S/C23H25FN4O/c1-14-13-28(15(2)11-25-14)8-7-23-27-20-6-3-16(9-22(20)29-23)19-12-26-21-10-17(24)4-5-18(19)21/h3-6,9-10,12,14-15,25-26H,7-8,11,13H2,1-2H3/t14-,15+/m0/s1. The Morgan fingerprint density at radius 2 is 2.10 bits per heavy atom. The van der Waals surface area contributed by atoms with Crippen LogP contribution in [0.2, 0.25) is 0 Å². The van der Waals surface area contributed by atoms with Crippen molar-refractivity contribution in [3.63, 3.8) is 0 Å². The second-order valence-corrected chi connectivity index (χ2v) is 8.09. The molecule has 5 nitrogen and oxygen atoms in total. The first kappa shape index (κ1) is 18.3. The van der Waals surface area contributed by atoms with E-state index in [2.05, 4.69) is 34.0 Å². The van der Waals surface area contributed by atoms with E-state index in [4.69, 9.17) is 4.42 Å². The summed E-state index contributed by atoms with van der Waals surface area (Å²) in [5.41, 5.74) is 4.51. The van der Waals surface area contributed by atoms with E-state index in [9.17, 15) is 4.39 Å². The Hall–Kier alpha value is -2.70. The van der Waals surface area contributed by atoms with Crippen molar-refractivity contribution in [1.29, 1.82) is 0 Å². The lowest BCUT2D eigenvalue weighted by atomic mass is 10.0. The number of nitrogens with zero attached hydrogens (tertiary/aromatic N) is 2. The maximum Gasteiger partial charge on any atom is 0.196 e. The zero-order valence-corrected chi connectivity index (χ0v) is 16.7. The summed E-state index contributed by atoms with van der Waals surface area (Å²) in [4.78, 5) is 10.3. The normalized spacial score (nSPS) is 20.7. The number of aromatic nitrogens is 2. The van der Waals surface area contributed by atoms with Gasteiger partial charge in [0.05, 0.1) is 0 Å². The van der Waals surface area contributed by atoms with Crippen LogP contribution in [0.1, 0.15) is 19.7 Å². The monoisotopic (exact) mass is 392 g/mol. The number of rotatable bonds is 4. The molecule has 0 amide bonds. The summed E-state index contributed by atoms with van der Waals surface area (Å²) in [5, 5.41) is 4.51. The molecule has 2 N–H and O–H groups in total. The van der Waals surface area contributed by atoms with Gasteiger partial charge >= 0.3 is 0 Å². The Kier molecular flexibility index (Phi) is 4.60. The number of oxazole rings is 1. The average Bonchev–Trinajstić information content (AvgIpc) is 3.31. The third kappa shape index (κ3) is 3.54. The third-order valence-electron chi connectivity index (χ3n) is 5.89. The summed E-state index contributed by atoms with van der Waals surface area (Å²) >= 11 is 0. The van der Waals surface area contributed by atoms with Crippen LogP contribution in [0, 0.1) is 5.82 Å². The number of aromatic amines is 1. The molecule has 1 saturated heterocycles. The highest BCUT2D eigenvalue weighted by Crippen LogP contribution is 2.31. The largest absolute Gasteiger partial charge is 0.441 e. The molecule has 150 valence electrons. The Morgan fingerprint density at radius 1 is 1.21 bits per heavy atom. The van der Waals surface area contributed by atoms with Crippen LogP contribution in [-0.2, 0) is 6.42 Å². The van der Waals surface area contributed by atoms with Gasteiger partial charge in [0.25, 0.3) is 0 Å². The fourth-order valence-electron chi connectivity index (χ4n) is 4.23. The van der Waals surface area contributed by atoms with E-state index in [1.807, 2.05) is 30.5 Å². The molecule has 0 spiro atoms. The summed E-state index contributed by atoms with van der Waals surface area (Å²) in [6, 6.07) is 11.9. The molecule has 4 aromatic rings. The fraction of sp³-hybridized carbons (Fsp3) is 0.348. The average molecular weight is 392 g/mol. The molecular weight excluding hydrogens is 367 g/mol. The predicted molar refractivity (Wildman–Crippen MR) is 113 cm³/mol. The van der Waals surface area contributed by atoms with E-state index in [1.165, 1.54) is 12.1 Å². The van der Waals surface area contributed by atoms with E-state index < -0.39 is 0 Å². The maximum atomic E-state index is 13.5. The quantitative estimate of drug-likeness (QED) is 0.542. The van der Waals surface area contributed by atoms with Gasteiger partial charge in [0.2, 0.25) is 0 Å². The van der Waals surface area contributed by atoms with Crippen LogP contribution in [0.5, 0.6) is 0 Å². The number of hydrogen-bond donors (Lipinski definition) is 2. The molecule has 2 aromatic heterocycles. The summed E-state index contributed by atoms with van der Waals surface area (Å²) in [6.07, 6.45) is 2.71. The molecule has 2 atom stereocenters. The van der Waals surface area contributed by atoms with E-state index >= 15 is 0 Å². The van der Waals surface area contributed by atoms with Crippen LogP contribution in [0.15, 0.2) is 47.0 Å². The van der Waals surface area contributed by atoms with Crippen molar-refractivity contribution in [2.75, 3.05) is 19.6 Å². The Labute approximate surface area is 168 Å². The minimum atomic E-state index is -0.241. The first-order valence-corrected chi connectivity index (χ1v) is 10.2. The van der Waals surface area contributed by atoms with Gasteiger partial charge in [0.15, 0.2) is 11.5 Å². The number of fused-ring (bicyclic) bond motifs is 2. The zero-order chi connectivity index (χ0) is 20.0. The molecule has 3 heterocycles. The molecule has 0 saturated carbocycles. The Bertz CT molecular complexity index is 1160. The Balaban J connectivity index is 1.38. The lowest BCUT2D eigenvalue weighted by molar-refractivity contribution is 0.145. The predicted octanol–water partition coefficient (Wildman–Crippen LogP) is 4.34. The molecule has 1 fully saturated rings. The van der Waals surface area contributed by atoms with Crippen LogP contribution < -0.4 is 5.32 Å². The highest BCUT2D eigenvalue weighted by molar-refractivity contribution is 5.97. The van der Waals surface area contributed by atoms with E-state index in [0.717, 1.165) is 65.1 Å². The molecule has 0 unspecified atom stereocenters. The van der Waals surface area contributed by atoms with Gasteiger partial charge in [-0.2, -0.15) is 0 Å². The van der Waals surface area contributed by atoms with Crippen molar-refractivity contribution in [2.24, 2.45) is 0 Å². The molecule has 0 radical (unpaired) electrons. The van der Waals surface area contributed by atoms with Crippen molar-refractivity contribution in [3.05, 3.63) is 54.3 Å². The van der Waals surface area contributed by atoms with Crippen LogP contribution in [0.3, 0.4) is 0 Å². The van der Waals surface area contributed by atoms with E-state index in [1.54, 1.807) is 0 Å². The van der Waals surface area contributed by atoms with Gasteiger partial charge in [-0.25, -0.2) is 9.37 Å². The second-order valence-electron chi connectivity index (χ2n) is 8.09. The molecule has 1 aliphatic heterocycles. The van der Waals surface area contributed by atoms with Gasteiger partial charge in [-0.05, 0) is 49.7 Å². The van der Waals surface area contributed by atoms with Gasteiger partial charge in [0.1, 0.15) is 11.3 Å². The third-order valence-corrected chi connectivity index (χ3v) is 5.89. The molecule has 2 aromatic carbocycles. The van der Waals surface area contributed by atoms with Crippen LogP contribution in [0.4, 0.5) is 4.39 Å². The molecule has 0 bridgehead atoms. The zero-order valence-electron chi connectivity index (χ0n) is 16.7. The van der Waals surface area contributed by atoms with E-state index in [0.29, 0.717) is 12.1 Å². The van der Waals surface area contributed by atoms with Crippen molar-refractivity contribution >= 4 is 22.0 Å². The molecule has 29 heavy (non-hydrogen) atoms. The summed E-state index contributed by atoms with van der Waals surface area (Å²) in [7, 11) is 0. The lowest BCUT2D eigenvalue weighted by Gasteiger charge is -2.37. The smallest absolute Gasteiger partial charge is 0.196 e. The highest BCUT2D eigenvalue weighted by Gasteiger charge is 2.22. The van der Waals surface area contributed by atoms with Crippen molar-refractivity contribution < 1.29 is 8.81 Å². The molecular formula is C23H25FN4O. The van der Waals surface area contributed by atoms with Crippen LogP contribution in [-0.4, -0.2) is 46.6 Å². The molecule has 1 aliphatic rings. The number of piperazine rings is 1. The fourth-order valence-corrected chi connectivity index (χ4v) is 4.23. The van der Waals surface area contributed by atoms with Crippen LogP contribution in [0.25, 0.3) is 33.1 Å². The number of H-pyrrole nitrogens is 1. The van der Waals surface area contributed by atoms with Gasteiger partial charge in [-0.3, -0.25) is 4.90 Å². The van der Waals surface area contributed by atoms with E-state index in [-0.39, 0.29) is 5.82 Å². The SMILES string of the molecule is C[C@@H]1CN[C@@H](C)CN1CCc1nc2ccc(-c3c[nH]c4cc(F)ccc34)cc2o1. The first-order chi connectivity index (χ1) is 14.1. The van der Waals surface area contributed by atoms with Gasteiger partial charge in [0, 0.05) is 60.8 Å². The van der Waals surface area contributed by atoms with Crippen molar-refractivity contribution in [2.45, 2.75) is 32.4 Å². The van der Waals surface area contributed by atoms with Gasteiger partial charge < -0.3 is 14.7 Å². The van der Waals surface area contributed by atoms with Crippen molar-refractivity contribution in [1.82, 2.24) is 20.2 Å². The molecule has 6 heteroatoms. The maximum absolute atomic E-state index is 13.5. The summed E-state index contributed by atoms with van der Waals surface area (Å²) < 4.78 is 19.5. The Morgan fingerprint density at radius 3 is 3.00 bits per heavy atom. The molecule has 0 aliphatic carbocycles. The second kappa shape index (κ2) is 7.28. The number of halogens is 1. The van der Waals surface area contributed by atoms with Gasteiger partial charge in [-0.1, -0.05) is 6.07 Å². The van der Waals surface area contributed by atoms with Crippen molar-refractivity contribution in [3.8, 4) is 11.1 Å². The van der Waals surface area contributed by atoms with Gasteiger partial charge in [-0.15, -0.1) is 0 Å². The number of hydrogen-bond acceptors (Lipinski definition) is 4. The topological polar surface area (TPSA) is 57.1 Å². The first-order valence-electron chi connectivity index (χ1n) is 10.2. The number of nitrogens with one attached hydrogen (secondary N) is 2. The molecule has 5 rings (SSSR count). The van der Waals surface area contributed by atoms with Crippen LogP contribution >= 0.6 is 0 Å². The summed E-state index contributed by atoms with van der Waals surface area (Å²) in [5.74, 6) is 0.533. The summed E-state index contributed by atoms with van der Waals surface area (Å²) in [6.45, 7) is 7.49.